The smallest absolute Gasteiger partial charge is 0.220 e. The fraction of sp³-hybridized carbons (Fsp3) is 0.889. The summed E-state index contributed by atoms with van der Waals surface area (Å²) in [5, 5.41) is -0.784. The van der Waals surface area contributed by atoms with Crippen LogP contribution in [0.4, 0.5) is 0 Å². The van der Waals surface area contributed by atoms with Crippen molar-refractivity contribution in [2.75, 3.05) is 6.54 Å². The number of sulfonamides is 1. The Bertz CT molecular complexity index is 323. The minimum absolute atomic E-state index is 0.0182. The first-order valence-corrected chi connectivity index (χ1v) is 7.16. The molecule has 0 spiro atoms. The van der Waals surface area contributed by atoms with Gasteiger partial charge in [-0.2, -0.15) is 0 Å². The summed E-state index contributed by atoms with van der Waals surface area (Å²) in [7, 11) is -3.35. The van der Waals surface area contributed by atoms with Crippen molar-refractivity contribution in [1.82, 2.24) is 4.72 Å². The molecule has 1 fully saturated rings. The van der Waals surface area contributed by atoms with Crippen LogP contribution in [-0.2, 0) is 10.0 Å². The van der Waals surface area contributed by atoms with Crippen molar-refractivity contribution in [3.05, 3.63) is 0 Å². The molecule has 0 aliphatic heterocycles. The zero-order valence-corrected chi connectivity index (χ0v) is 10.5. The van der Waals surface area contributed by atoms with Crippen molar-refractivity contribution in [2.45, 2.75) is 37.9 Å². The summed E-state index contributed by atoms with van der Waals surface area (Å²) in [6, 6.07) is 0. The molecule has 0 amide bonds. The average Bonchev–Trinajstić information content (AvgIpc) is 2.94. The predicted molar refractivity (Wildman–Crippen MR) is 65.1 cm³/mol. The quantitative estimate of drug-likeness (QED) is 0.517. The maximum absolute atomic E-state index is 11.6. The van der Waals surface area contributed by atoms with E-state index in [1.54, 1.807) is 0 Å². The number of nitrogens with two attached hydrogens (primary N) is 1. The van der Waals surface area contributed by atoms with Gasteiger partial charge in [0.2, 0.25) is 10.0 Å². The zero-order chi connectivity index (χ0) is 11.5. The van der Waals surface area contributed by atoms with Crippen LogP contribution in [0.5, 0.6) is 0 Å². The van der Waals surface area contributed by atoms with Crippen molar-refractivity contribution < 1.29 is 8.42 Å². The van der Waals surface area contributed by atoms with Gasteiger partial charge in [0.05, 0.1) is 4.99 Å². The summed E-state index contributed by atoms with van der Waals surface area (Å²) in [5.41, 5.74) is 5.30. The van der Waals surface area contributed by atoms with E-state index in [-0.39, 0.29) is 4.99 Å². The maximum Gasteiger partial charge on any atom is 0.220 e. The highest BCUT2D eigenvalue weighted by atomic mass is 32.2. The summed E-state index contributed by atoms with van der Waals surface area (Å²) in [6.07, 6.45) is 4.62. The molecule has 0 aromatic carbocycles. The van der Waals surface area contributed by atoms with Crippen LogP contribution < -0.4 is 10.5 Å². The Hall–Kier alpha value is -0.200. The number of hydrogen-bond donors (Lipinski definition) is 2. The first-order valence-electron chi connectivity index (χ1n) is 5.21. The van der Waals surface area contributed by atoms with Crippen molar-refractivity contribution in [1.29, 1.82) is 0 Å². The summed E-state index contributed by atoms with van der Waals surface area (Å²) in [4.78, 5) is 0.0182. The van der Waals surface area contributed by atoms with Crippen LogP contribution in [-0.4, -0.2) is 25.2 Å². The minimum Gasteiger partial charge on any atom is -0.392 e. The fourth-order valence-corrected chi connectivity index (χ4v) is 2.65. The Kier molecular flexibility index (Phi) is 4.48. The molecule has 1 unspecified atom stereocenters. The standard InChI is InChI=1S/C9H18N2O2S2/c1-7(9(10)14)15(12,13)11-6-2-3-8-4-5-8/h7-8,11H,2-6H2,1H3,(H2,10,14). The summed E-state index contributed by atoms with van der Waals surface area (Å²) in [5.74, 6) is 0.836. The second kappa shape index (κ2) is 5.23. The van der Waals surface area contributed by atoms with Crippen molar-refractivity contribution in [3.63, 3.8) is 0 Å². The van der Waals surface area contributed by atoms with Gasteiger partial charge in [-0.15, -0.1) is 0 Å². The molecule has 1 saturated carbocycles. The lowest BCUT2D eigenvalue weighted by molar-refractivity contribution is 0.570. The highest BCUT2D eigenvalue weighted by Crippen LogP contribution is 2.33. The van der Waals surface area contributed by atoms with Gasteiger partial charge in [0.15, 0.2) is 0 Å². The predicted octanol–water partition coefficient (Wildman–Crippen LogP) is 0.771. The summed E-state index contributed by atoms with van der Waals surface area (Å²) in [6.45, 7) is 2.00. The number of hydrogen-bond acceptors (Lipinski definition) is 3. The molecule has 3 N–H and O–H groups in total. The molecule has 0 heterocycles. The summed E-state index contributed by atoms with van der Waals surface area (Å²) >= 11 is 4.66. The van der Waals surface area contributed by atoms with Gasteiger partial charge in [0.25, 0.3) is 0 Å². The van der Waals surface area contributed by atoms with Gasteiger partial charge >= 0.3 is 0 Å². The molecule has 0 radical (unpaired) electrons. The molecule has 15 heavy (non-hydrogen) atoms. The van der Waals surface area contributed by atoms with E-state index in [9.17, 15) is 8.42 Å². The lowest BCUT2D eigenvalue weighted by Gasteiger charge is -2.12. The van der Waals surface area contributed by atoms with E-state index in [0.29, 0.717) is 6.54 Å². The fourth-order valence-electron chi connectivity index (χ4n) is 1.29. The molecule has 1 rings (SSSR count). The van der Waals surface area contributed by atoms with E-state index >= 15 is 0 Å². The second-order valence-electron chi connectivity index (χ2n) is 4.07. The van der Waals surface area contributed by atoms with Crippen LogP contribution in [0.25, 0.3) is 0 Å². The molecule has 0 saturated heterocycles. The molecule has 1 aliphatic carbocycles. The largest absolute Gasteiger partial charge is 0.392 e. The van der Waals surface area contributed by atoms with Crippen LogP contribution in [0, 0.1) is 5.92 Å². The lowest BCUT2D eigenvalue weighted by Crippen LogP contribution is -2.40. The van der Waals surface area contributed by atoms with Gasteiger partial charge in [-0.3, -0.25) is 0 Å². The number of rotatable bonds is 7. The van der Waals surface area contributed by atoms with E-state index in [2.05, 4.69) is 16.9 Å². The second-order valence-corrected chi connectivity index (χ2v) is 6.63. The Morgan fingerprint density at radius 1 is 1.60 bits per heavy atom. The Morgan fingerprint density at radius 3 is 2.67 bits per heavy atom. The third-order valence-corrected chi connectivity index (χ3v) is 4.95. The lowest BCUT2D eigenvalue weighted by atomic mass is 10.2. The normalized spacial score (nSPS) is 18.7. The highest BCUT2D eigenvalue weighted by Gasteiger charge is 2.23. The third-order valence-electron chi connectivity index (χ3n) is 2.66. The van der Waals surface area contributed by atoms with Crippen LogP contribution in [0.2, 0.25) is 0 Å². The Labute approximate surface area is 96.7 Å². The summed E-state index contributed by atoms with van der Waals surface area (Å²) < 4.78 is 25.6. The minimum atomic E-state index is -3.35. The first kappa shape index (κ1) is 12.9. The topological polar surface area (TPSA) is 72.2 Å². The Morgan fingerprint density at radius 2 is 2.20 bits per heavy atom. The molecule has 6 heteroatoms. The van der Waals surface area contributed by atoms with Gasteiger partial charge in [-0.1, -0.05) is 25.1 Å². The molecule has 4 nitrogen and oxygen atoms in total. The van der Waals surface area contributed by atoms with Gasteiger partial charge in [-0.25, -0.2) is 13.1 Å². The van der Waals surface area contributed by atoms with Gasteiger partial charge in [0, 0.05) is 6.54 Å². The van der Waals surface area contributed by atoms with E-state index in [0.717, 1.165) is 18.8 Å². The van der Waals surface area contributed by atoms with Crippen molar-refractivity contribution >= 4 is 27.2 Å². The molecular formula is C9H18N2O2S2. The van der Waals surface area contributed by atoms with E-state index in [1.807, 2.05) is 0 Å². The maximum atomic E-state index is 11.6. The van der Waals surface area contributed by atoms with E-state index in [1.165, 1.54) is 19.8 Å². The monoisotopic (exact) mass is 250 g/mol. The van der Waals surface area contributed by atoms with Crippen molar-refractivity contribution in [2.24, 2.45) is 11.7 Å². The number of thiocarbonyl (C=S) groups is 1. The third kappa shape index (κ3) is 4.44. The van der Waals surface area contributed by atoms with Crippen molar-refractivity contribution in [3.8, 4) is 0 Å². The van der Waals surface area contributed by atoms with Crippen LogP contribution in [0.15, 0.2) is 0 Å². The SMILES string of the molecule is CC(C(N)=S)S(=O)(=O)NCCCC1CC1. The molecule has 88 valence electrons. The zero-order valence-electron chi connectivity index (χ0n) is 8.90. The molecule has 0 bridgehead atoms. The van der Waals surface area contributed by atoms with Crippen LogP contribution in [0.3, 0.4) is 0 Å². The first-order chi connectivity index (χ1) is 6.93. The molecule has 1 atom stereocenters. The number of nitrogens with one attached hydrogen (secondary N) is 1. The van der Waals surface area contributed by atoms with Gasteiger partial charge in [0.1, 0.15) is 5.25 Å². The van der Waals surface area contributed by atoms with E-state index < -0.39 is 15.3 Å². The van der Waals surface area contributed by atoms with Gasteiger partial charge in [-0.05, 0) is 25.7 Å². The van der Waals surface area contributed by atoms with Gasteiger partial charge < -0.3 is 5.73 Å². The van der Waals surface area contributed by atoms with Crippen LogP contribution in [0.1, 0.15) is 32.6 Å². The molecule has 0 aromatic heterocycles. The Balaban J connectivity index is 2.25. The molecular weight excluding hydrogens is 232 g/mol. The average molecular weight is 250 g/mol. The van der Waals surface area contributed by atoms with E-state index in [4.69, 9.17) is 5.73 Å². The van der Waals surface area contributed by atoms with Crippen LogP contribution >= 0.6 is 12.2 Å². The molecule has 1 aliphatic rings. The highest BCUT2D eigenvalue weighted by molar-refractivity contribution is 7.93. The molecule has 0 aromatic rings.